The van der Waals surface area contributed by atoms with Crippen LogP contribution in [0.3, 0.4) is 0 Å². The zero-order chi connectivity index (χ0) is 14.5. The summed E-state index contributed by atoms with van der Waals surface area (Å²) in [7, 11) is 0. The lowest BCUT2D eigenvalue weighted by Gasteiger charge is -2.34. The first-order chi connectivity index (χ1) is 10.3. The van der Waals surface area contributed by atoms with E-state index in [0.717, 1.165) is 12.5 Å². The fraction of sp³-hybridized carbons (Fsp3) is 0.684. The summed E-state index contributed by atoms with van der Waals surface area (Å²) in [5.41, 5.74) is 7.89. The summed E-state index contributed by atoms with van der Waals surface area (Å²) in [5, 5.41) is 0. The van der Waals surface area contributed by atoms with E-state index in [1.165, 1.54) is 56.9 Å². The minimum atomic E-state index is 0.412. The minimum Gasteiger partial charge on any atom is -0.378 e. The van der Waals surface area contributed by atoms with Crippen molar-refractivity contribution in [3.05, 3.63) is 35.9 Å². The topological polar surface area (TPSA) is 35.2 Å². The Hall–Kier alpha value is -0.860. The molecule has 4 atom stereocenters. The molecule has 0 bridgehead atoms. The molecular formula is C19H29NO. The number of benzene rings is 1. The lowest BCUT2D eigenvalue weighted by atomic mass is 9.73. The maximum atomic E-state index is 6.38. The standard InChI is InChI=1S/C19H29NO/c20-19-12-11-16(15-6-2-1-3-7-15)14-17(19)8-4-9-18-10-5-13-21-18/h1-3,6-7,16-19H,4-5,8-14,20H2. The van der Waals surface area contributed by atoms with E-state index >= 15 is 0 Å². The maximum absolute atomic E-state index is 6.38. The first-order valence-electron chi connectivity index (χ1n) is 8.75. The highest BCUT2D eigenvalue weighted by atomic mass is 16.5. The van der Waals surface area contributed by atoms with E-state index in [0.29, 0.717) is 18.1 Å². The Morgan fingerprint density at radius 2 is 1.90 bits per heavy atom. The molecule has 2 aliphatic rings. The van der Waals surface area contributed by atoms with Crippen LogP contribution >= 0.6 is 0 Å². The second kappa shape index (κ2) is 7.42. The van der Waals surface area contributed by atoms with Crippen molar-refractivity contribution in [3.8, 4) is 0 Å². The van der Waals surface area contributed by atoms with Gasteiger partial charge < -0.3 is 10.5 Å². The van der Waals surface area contributed by atoms with Crippen molar-refractivity contribution in [2.24, 2.45) is 11.7 Å². The molecule has 0 aromatic heterocycles. The van der Waals surface area contributed by atoms with Gasteiger partial charge in [0.05, 0.1) is 6.10 Å². The van der Waals surface area contributed by atoms with Gasteiger partial charge in [-0.2, -0.15) is 0 Å². The Morgan fingerprint density at radius 1 is 1.05 bits per heavy atom. The third-order valence-electron chi connectivity index (χ3n) is 5.44. The maximum Gasteiger partial charge on any atom is 0.0576 e. The minimum absolute atomic E-state index is 0.412. The van der Waals surface area contributed by atoms with Crippen molar-refractivity contribution in [1.82, 2.24) is 0 Å². The van der Waals surface area contributed by atoms with Gasteiger partial charge in [-0.05, 0) is 62.3 Å². The third-order valence-corrected chi connectivity index (χ3v) is 5.44. The molecule has 1 aromatic rings. The van der Waals surface area contributed by atoms with Crippen LogP contribution in [0.15, 0.2) is 30.3 Å². The van der Waals surface area contributed by atoms with Crippen LogP contribution in [-0.2, 0) is 4.74 Å². The molecule has 2 N–H and O–H groups in total. The van der Waals surface area contributed by atoms with Crippen molar-refractivity contribution in [2.45, 2.75) is 69.4 Å². The van der Waals surface area contributed by atoms with Crippen molar-refractivity contribution >= 4 is 0 Å². The molecule has 1 saturated carbocycles. The number of ether oxygens (including phenoxy) is 1. The van der Waals surface area contributed by atoms with Gasteiger partial charge in [0.1, 0.15) is 0 Å². The molecule has 0 amide bonds. The van der Waals surface area contributed by atoms with Crippen LogP contribution < -0.4 is 5.73 Å². The van der Waals surface area contributed by atoms with Crippen LogP contribution in [0.1, 0.15) is 62.8 Å². The molecule has 2 heteroatoms. The van der Waals surface area contributed by atoms with E-state index in [1.807, 2.05) is 0 Å². The van der Waals surface area contributed by atoms with Crippen molar-refractivity contribution in [2.75, 3.05) is 6.61 Å². The van der Waals surface area contributed by atoms with E-state index in [2.05, 4.69) is 30.3 Å². The van der Waals surface area contributed by atoms with Crippen molar-refractivity contribution in [1.29, 1.82) is 0 Å². The van der Waals surface area contributed by atoms with Crippen molar-refractivity contribution in [3.63, 3.8) is 0 Å². The molecule has 2 fully saturated rings. The lowest BCUT2D eigenvalue weighted by molar-refractivity contribution is 0.0992. The number of rotatable bonds is 5. The number of hydrogen-bond acceptors (Lipinski definition) is 2. The van der Waals surface area contributed by atoms with Crippen LogP contribution in [0.5, 0.6) is 0 Å². The second-order valence-electron chi connectivity index (χ2n) is 6.91. The van der Waals surface area contributed by atoms with Crippen LogP contribution in [0, 0.1) is 5.92 Å². The summed E-state index contributed by atoms with van der Waals surface area (Å²) in [6.45, 7) is 0.976. The predicted molar refractivity (Wildman–Crippen MR) is 87.3 cm³/mol. The number of hydrogen-bond donors (Lipinski definition) is 1. The zero-order valence-corrected chi connectivity index (χ0v) is 13.0. The second-order valence-corrected chi connectivity index (χ2v) is 6.91. The molecule has 1 heterocycles. The van der Waals surface area contributed by atoms with Crippen LogP contribution in [-0.4, -0.2) is 18.8 Å². The highest BCUT2D eigenvalue weighted by Gasteiger charge is 2.28. The largest absolute Gasteiger partial charge is 0.378 e. The fourth-order valence-electron chi connectivity index (χ4n) is 4.13. The first-order valence-corrected chi connectivity index (χ1v) is 8.75. The monoisotopic (exact) mass is 287 g/mol. The zero-order valence-electron chi connectivity index (χ0n) is 13.0. The average Bonchev–Trinajstić information content (AvgIpc) is 3.03. The summed E-state index contributed by atoms with van der Waals surface area (Å²) in [6.07, 6.45) is 10.6. The Balaban J connectivity index is 1.49. The van der Waals surface area contributed by atoms with Gasteiger partial charge in [0, 0.05) is 12.6 Å². The molecule has 1 aliphatic heterocycles. The van der Waals surface area contributed by atoms with Gasteiger partial charge in [-0.3, -0.25) is 0 Å². The van der Waals surface area contributed by atoms with E-state index in [1.54, 1.807) is 0 Å². The highest BCUT2D eigenvalue weighted by molar-refractivity contribution is 5.20. The normalized spacial score (nSPS) is 33.2. The molecule has 21 heavy (non-hydrogen) atoms. The van der Waals surface area contributed by atoms with Gasteiger partial charge in [0.25, 0.3) is 0 Å². The Bertz CT molecular complexity index is 413. The summed E-state index contributed by atoms with van der Waals surface area (Å²) < 4.78 is 5.73. The quantitative estimate of drug-likeness (QED) is 0.879. The third kappa shape index (κ3) is 4.08. The van der Waals surface area contributed by atoms with Crippen LogP contribution in [0.4, 0.5) is 0 Å². The summed E-state index contributed by atoms with van der Waals surface area (Å²) in [5.74, 6) is 1.42. The molecule has 116 valence electrons. The van der Waals surface area contributed by atoms with E-state index in [9.17, 15) is 0 Å². The Labute approximate surface area is 129 Å². The molecule has 1 saturated heterocycles. The van der Waals surface area contributed by atoms with Gasteiger partial charge >= 0.3 is 0 Å². The smallest absolute Gasteiger partial charge is 0.0576 e. The lowest BCUT2D eigenvalue weighted by Crippen LogP contribution is -2.35. The SMILES string of the molecule is NC1CCC(c2ccccc2)CC1CCCC1CCCO1. The van der Waals surface area contributed by atoms with Gasteiger partial charge in [0.15, 0.2) is 0 Å². The summed E-state index contributed by atoms with van der Waals surface area (Å²) >= 11 is 0. The molecular weight excluding hydrogens is 258 g/mol. The molecule has 4 unspecified atom stereocenters. The fourth-order valence-corrected chi connectivity index (χ4v) is 4.13. The van der Waals surface area contributed by atoms with Crippen LogP contribution in [0.2, 0.25) is 0 Å². The summed E-state index contributed by atoms with van der Waals surface area (Å²) in [6, 6.07) is 11.4. The Kier molecular flexibility index (Phi) is 5.32. The molecule has 2 nitrogen and oxygen atoms in total. The van der Waals surface area contributed by atoms with Crippen LogP contribution in [0.25, 0.3) is 0 Å². The molecule has 1 aliphatic carbocycles. The highest BCUT2D eigenvalue weighted by Crippen LogP contribution is 2.38. The first kappa shape index (κ1) is 15.1. The molecule has 0 radical (unpaired) electrons. The molecule has 1 aromatic carbocycles. The average molecular weight is 287 g/mol. The van der Waals surface area contributed by atoms with Gasteiger partial charge in [-0.1, -0.05) is 36.8 Å². The summed E-state index contributed by atoms with van der Waals surface area (Å²) in [4.78, 5) is 0. The van der Waals surface area contributed by atoms with Crippen molar-refractivity contribution < 1.29 is 4.74 Å². The number of nitrogens with two attached hydrogens (primary N) is 1. The van der Waals surface area contributed by atoms with Gasteiger partial charge in [-0.15, -0.1) is 0 Å². The van der Waals surface area contributed by atoms with Gasteiger partial charge in [0.2, 0.25) is 0 Å². The predicted octanol–water partition coefficient (Wildman–Crippen LogP) is 4.25. The molecule has 3 rings (SSSR count). The molecule has 0 spiro atoms. The van der Waals surface area contributed by atoms with E-state index in [4.69, 9.17) is 10.5 Å². The van der Waals surface area contributed by atoms with E-state index in [-0.39, 0.29) is 0 Å². The van der Waals surface area contributed by atoms with E-state index < -0.39 is 0 Å². The Morgan fingerprint density at radius 3 is 2.67 bits per heavy atom. The van der Waals surface area contributed by atoms with Gasteiger partial charge in [-0.25, -0.2) is 0 Å².